The highest BCUT2D eigenvalue weighted by atomic mass is 16.2. The monoisotopic (exact) mass is 292 g/mol. The summed E-state index contributed by atoms with van der Waals surface area (Å²) in [5.41, 5.74) is 8.32. The molecule has 0 bridgehead atoms. The Morgan fingerprint density at radius 3 is 2.29 bits per heavy atom. The minimum absolute atomic E-state index is 0.0377. The summed E-state index contributed by atoms with van der Waals surface area (Å²) in [7, 11) is 0. The summed E-state index contributed by atoms with van der Waals surface area (Å²) >= 11 is 0. The van der Waals surface area contributed by atoms with Gasteiger partial charge in [0, 0.05) is 19.6 Å². The molecule has 1 aliphatic rings. The van der Waals surface area contributed by atoms with Crippen LogP contribution in [0.4, 0.5) is 5.69 Å². The molecule has 0 aliphatic carbocycles. The van der Waals surface area contributed by atoms with Crippen molar-refractivity contribution in [2.24, 2.45) is 5.41 Å². The number of likely N-dealkylation sites (tertiary alicyclic amines) is 1. The van der Waals surface area contributed by atoms with E-state index in [0.29, 0.717) is 23.3 Å². The second-order valence-electron chi connectivity index (χ2n) is 6.16. The fourth-order valence-corrected chi connectivity index (χ4v) is 3.34. The average Bonchev–Trinajstić information content (AvgIpc) is 2.81. The molecule has 2 N–H and O–H groups in total. The van der Waals surface area contributed by atoms with Crippen molar-refractivity contribution in [3.8, 4) is 0 Å². The van der Waals surface area contributed by atoms with E-state index < -0.39 is 0 Å². The van der Waals surface area contributed by atoms with Crippen molar-refractivity contribution in [2.75, 3.05) is 18.8 Å². The van der Waals surface area contributed by atoms with Crippen LogP contribution in [-0.2, 0) is 6.54 Å². The topological polar surface area (TPSA) is 64.2 Å². The van der Waals surface area contributed by atoms with Gasteiger partial charge in [-0.05, 0) is 32.1 Å². The third-order valence-electron chi connectivity index (χ3n) is 5.29. The summed E-state index contributed by atoms with van der Waals surface area (Å²) < 4.78 is 1.73. The van der Waals surface area contributed by atoms with E-state index in [1.807, 2.05) is 18.7 Å². The number of anilines is 1. The van der Waals surface area contributed by atoms with E-state index in [2.05, 4.69) is 18.9 Å². The van der Waals surface area contributed by atoms with Gasteiger partial charge in [0.15, 0.2) is 0 Å². The third kappa shape index (κ3) is 2.78. The number of piperidine rings is 1. The standard InChI is InChI=1S/C16H28N4O/c1-5-16(6-2)8-10-19(11-9-16)15(21)14-13(17)12(4)18-20(14)7-3/h5-11,17H2,1-4H3. The van der Waals surface area contributed by atoms with Crippen LogP contribution in [0, 0.1) is 12.3 Å². The van der Waals surface area contributed by atoms with Gasteiger partial charge in [0.1, 0.15) is 5.69 Å². The van der Waals surface area contributed by atoms with Crippen LogP contribution < -0.4 is 5.73 Å². The number of carbonyl (C=O) groups excluding carboxylic acids is 1. The van der Waals surface area contributed by atoms with Crippen LogP contribution >= 0.6 is 0 Å². The van der Waals surface area contributed by atoms with E-state index in [9.17, 15) is 4.79 Å². The predicted molar refractivity (Wildman–Crippen MR) is 85.2 cm³/mol. The molecular weight excluding hydrogens is 264 g/mol. The first-order valence-corrected chi connectivity index (χ1v) is 8.10. The molecule has 5 heteroatoms. The van der Waals surface area contributed by atoms with Gasteiger partial charge >= 0.3 is 0 Å². The van der Waals surface area contributed by atoms with E-state index in [-0.39, 0.29) is 5.91 Å². The summed E-state index contributed by atoms with van der Waals surface area (Å²) in [6, 6.07) is 0. The molecule has 0 spiro atoms. The smallest absolute Gasteiger partial charge is 0.274 e. The number of nitrogens with two attached hydrogens (primary N) is 1. The van der Waals surface area contributed by atoms with E-state index >= 15 is 0 Å². The van der Waals surface area contributed by atoms with Gasteiger partial charge in [0.05, 0.1) is 11.4 Å². The quantitative estimate of drug-likeness (QED) is 0.928. The predicted octanol–water partition coefficient (Wildman–Crippen LogP) is 2.84. The van der Waals surface area contributed by atoms with Crippen molar-refractivity contribution < 1.29 is 4.79 Å². The highest BCUT2D eigenvalue weighted by Gasteiger charge is 2.34. The SMILES string of the molecule is CCn1nc(C)c(N)c1C(=O)N1CCC(CC)(CC)CC1. The van der Waals surface area contributed by atoms with E-state index in [1.54, 1.807) is 4.68 Å². The summed E-state index contributed by atoms with van der Waals surface area (Å²) in [6.07, 6.45) is 4.56. The molecule has 0 atom stereocenters. The number of hydrogen-bond donors (Lipinski definition) is 1. The molecule has 0 radical (unpaired) electrons. The largest absolute Gasteiger partial charge is 0.395 e. The van der Waals surface area contributed by atoms with Crippen LogP contribution in [-0.4, -0.2) is 33.7 Å². The fourth-order valence-electron chi connectivity index (χ4n) is 3.34. The number of nitrogen functional groups attached to an aromatic ring is 1. The number of amides is 1. The van der Waals surface area contributed by atoms with Crippen molar-refractivity contribution in [1.82, 2.24) is 14.7 Å². The van der Waals surface area contributed by atoms with Crippen LogP contribution in [0.25, 0.3) is 0 Å². The fraction of sp³-hybridized carbons (Fsp3) is 0.750. The minimum Gasteiger partial charge on any atom is -0.395 e. The lowest BCUT2D eigenvalue weighted by Gasteiger charge is -2.41. The van der Waals surface area contributed by atoms with Crippen LogP contribution in [0.15, 0.2) is 0 Å². The molecule has 1 aromatic rings. The summed E-state index contributed by atoms with van der Waals surface area (Å²) in [6.45, 7) is 10.7. The average molecular weight is 292 g/mol. The normalized spacial score (nSPS) is 18.0. The Morgan fingerprint density at radius 1 is 1.24 bits per heavy atom. The molecule has 1 aliphatic heterocycles. The lowest BCUT2D eigenvalue weighted by molar-refractivity contribution is 0.0547. The molecule has 5 nitrogen and oxygen atoms in total. The zero-order valence-electron chi connectivity index (χ0n) is 13.8. The third-order valence-corrected chi connectivity index (χ3v) is 5.29. The Morgan fingerprint density at radius 2 is 1.81 bits per heavy atom. The summed E-state index contributed by atoms with van der Waals surface area (Å²) in [5, 5.41) is 4.35. The highest BCUT2D eigenvalue weighted by Crippen LogP contribution is 2.38. The Balaban J connectivity index is 2.16. The number of aryl methyl sites for hydroxylation is 2. The Bertz CT molecular complexity index is 507. The zero-order chi connectivity index (χ0) is 15.6. The molecule has 1 amide bonds. The lowest BCUT2D eigenvalue weighted by Crippen LogP contribution is -2.43. The molecule has 1 saturated heterocycles. The first-order chi connectivity index (χ1) is 9.98. The molecule has 21 heavy (non-hydrogen) atoms. The van der Waals surface area contributed by atoms with Gasteiger partial charge in [-0.1, -0.05) is 26.7 Å². The van der Waals surface area contributed by atoms with E-state index in [0.717, 1.165) is 31.6 Å². The van der Waals surface area contributed by atoms with Crippen molar-refractivity contribution in [1.29, 1.82) is 0 Å². The maximum absolute atomic E-state index is 12.8. The molecule has 0 unspecified atom stereocenters. The van der Waals surface area contributed by atoms with Crippen LogP contribution in [0.5, 0.6) is 0 Å². The van der Waals surface area contributed by atoms with Gasteiger partial charge in [-0.15, -0.1) is 0 Å². The molecule has 1 fully saturated rings. The maximum Gasteiger partial charge on any atom is 0.274 e. The molecule has 118 valence electrons. The molecule has 0 aromatic carbocycles. The second kappa shape index (κ2) is 6.08. The maximum atomic E-state index is 12.8. The number of nitrogens with zero attached hydrogens (tertiary/aromatic N) is 3. The van der Waals surface area contributed by atoms with Crippen LogP contribution in [0.1, 0.15) is 62.6 Å². The van der Waals surface area contributed by atoms with Gasteiger partial charge in [-0.25, -0.2) is 0 Å². The number of rotatable bonds is 4. The first kappa shape index (κ1) is 15.9. The first-order valence-electron chi connectivity index (χ1n) is 8.10. The van der Waals surface area contributed by atoms with Crippen molar-refractivity contribution in [2.45, 2.75) is 59.9 Å². The van der Waals surface area contributed by atoms with Crippen LogP contribution in [0.3, 0.4) is 0 Å². The van der Waals surface area contributed by atoms with Gasteiger partial charge in [0.2, 0.25) is 0 Å². The van der Waals surface area contributed by atoms with E-state index in [1.165, 1.54) is 12.8 Å². The molecule has 2 heterocycles. The summed E-state index contributed by atoms with van der Waals surface area (Å²) in [5.74, 6) is 0.0377. The minimum atomic E-state index is 0.0377. The van der Waals surface area contributed by atoms with Crippen molar-refractivity contribution in [3.05, 3.63) is 11.4 Å². The Hall–Kier alpha value is -1.52. The Labute approximate surface area is 127 Å². The van der Waals surface area contributed by atoms with E-state index in [4.69, 9.17) is 5.73 Å². The van der Waals surface area contributed by atoms with Crippen molar-refractivity contribution >= 4 is 11.6 Å². The number of hydrogen-bond acceptors (Lipinski definition) is 3. The lowest BCUT2D eigenvalue weighted by atomic mass is 9.74. The number of carbonyl (C=O) groups is 1. The molecule has 1 aromatic heterocycles. The Kier molecular flexibility index (Phi) is 4.59. The molecular formula is C16H28N4O. The van der Waals surface area contributed by atoms with Crippen LogP contribution in [0.2, 0.25) is 0 Å². The second-order valence-corrected chi connectivity index (χ2v) is 6.16. The molecule has 0 saturated carbocycles. The van der Waals surface area contributed by atoms with Gasteiger partial charge < -0.3 is 10.6 Å². The van der Waals surface area contributed by atoms with Gasteiger partial charge in [0.25, 0.3) is 5.91 Å². The van der Waals surface area contributed by atoms with Gasteiger partial charge in [-0.2, -0.15) is 5.10 Å². The molecule has 2 rings (SSSR count). The summed E-state index contributed by atoms with van der Waals surface area (Å²) in [4.78, 5) is 14.7. The van der Waals surface area contributed by atoms with Gasteiger partial charge in [-0.3, -0.25) is 9.48 Å². The zero-order valence-corrected chi connectivity index (χ0v) is 13.8. The van der Waals surface area contributed by atoms with Crippen molar-refractivity contribution in [3.63, 3.8) is 0 Å². The highest BCUT2D eigenvalue weighted by molar-refractivity contribution is 5.98. The number of aromatic nitrogens is 2.